The Labute approximate surface area is 187 Å². The second-order valence-corrected chi connectivity index (χ2v) is 7.71. The Morgan fingerprint density at radius 1 is 0.500 bits per heavy atom. The molecule has 0 heterocycles. The summed E-state index contributed by atoms with van der Waals surface area (Å²) in [6.07, 6.45) is 3.70. The van der Waals surface area contributed by atoms with Crippen LogP contribution >= 0.6 is 25.3 Å². The van der Waals surface area contributed by atoms with E-state index in [0.717, 1.165) is 43.4 Å². The standard InChI is InChI=1S/C26H20N2S2/c29-25-14-12-21(15-24(25)28-18-20-9-5-2-6-10-20)22-11-13-23(26(30)16-22)27-17-19-7-3-1-4-8-19/h1-18,29-30H/b27-17-,28-18-. The van der Waals surface area contributed by atoms with Gasteiger partial charge >= 0.3 is 0 Å². The average Bonchev–Trinajstić information content (AvgIpc) is 2.79. The van der Waals surface area contributed by atoms with Crippen molar-refractivity contribution < 1.29 is 0 Å². The van der Waals surface area contributed by atoms with Crippen LogP contribution in [0, 0.1) is 0 Å². The molecule has 0 aliphatic carbocycles. The van der Waals surface area contributed by atoms with Gasteiger partial charge in [0.15, 0.2) is 0 Å². The van der Waals surface area contributed by atoms with Crippen molar-refractivity contribution in [2.75, 3.05) is 0 Å². The predicted molar refractivity (Wildman–Crippen MR) is 134 cm³/mol. The maximum absolute atomic E-state index is 4.64. The van der Waals surface area contributed by atoms with Crippen LogP contribution in [0.3, 0.4) is 0 Å². The largest absolute Gasteiger partial charge is 0.255 e. The minimum atomic E-state index is 0.823. The number of hydrogen-bond donors (Lipinski definition) is 2. The van der Waals surface area contributed by atoms with Crippen LogP contribution < -0.4 is 0 Å². The second-order valence-electron chi connectivity index (χ2n) is 6.74. The fourth-order valence-corrected chi connectivity index (χ4v) is 3.45. The molecule has 4 aromatic carbocycles. The Morgan fingerprint density at radius 2 is 1.03 bits per heavy atom. The van der Waals surface area contributed by atoms with E-state index in [4.69, 9.17) is 0 Å². The smallest absolute Gasteiger partial charge is 0.0769 e. The summed E-state index contributed by atoms with van der Waals surface area (Å²) in [5.41, 5.74) is 5.88. The van der Waals surface area contributed by atoms with Gasteiger partial charge in [0.1, 0.15) is 0 Å². The van der Waals surface area contributed by atoms with Gasteiger partial charge < -0.3 is 0 Å². The first-order valence-corrected chi connectivity index (χ1v) is 10.4. The molecule has 0 aliphatic rings. The molecule has 0 aromatic heterocycles. The molecular weight excluding hydrogens is 404 g/mol. The molecule has 0 radical (unpaired) electrons. The highest BCUT2D eigenvalue weighted by molar-refractivity contribution is 7.80. The van der Waals surface area contributed by atoms with Gasteiger partial charge in [0.2, 0.25) is 0 Å². The van der Waals surface area contributed by atoms with Crippen LogP contribution in [-0.2, 0) is 0 Å². The van der Waals surface area contributed by atoms with Crippen molar-refractivity contribution in [3.05, 3.63) is 108 Å². The van der Waals surface area contributed by atoms with E-state index in [0.29, 0.717) is 0 Å². The maximum atomic E-state index is 4.64. The van der Waals surface area contributed by atoms with Gasteiger partial charge in [-0.25, -0.2) is 0 Å². The quantitative estimate of drug-likeness (QED) is 0.246. The van der Waals surface area contributed by atoms with E-state index in [1.165, 1.54) is 0 Å². The Hall–Kier alpha value is -3.08. The van der Waals surface area contributed by atoms with Gasteiger partial charge in [-0.2, -0.15) is 0 Å². The molecule has 0 N–H and O–H groups in total. The lowest BCUT2D eigenvalue weighted by Crippen LogP contribution is -1.83. The summed E-state index contributed by atoms with van der Waals surface area (Å²) >= 11 is 9.20. The third kappa shape index (κ3) is 5.09. The first kappa shape index (κ1) is 20.2. The van der Waals surface area contributed by atoms with Gasteiger partial charge in [-0.1, -0.05) is 72.8 Å². The van der Waals surface area contributed by atoms with Gasteiger partial charge in [-0.15, -0.1) is 25.3 Å². The lowest BCUT2D eigenvalue weighted by Gasteiger charge is -2.08. The molecule has 30 heavy (non-hydrogen) atoms. The summed E-state index contributed by atoms with van der Waals surface area (Å²) in [6, 6.07) is 32.2. The highest BCUT2D eigenvalue weighted by atomic mass is 32.1. The molecule has 0 unspecified atom stereocenters. The van der Waals surface area contributed by atoms with Crippen LogP contribution in [-0.4, -0.2) is 12.4 Å². The summed E-state index contributed by atoms with van der Waals surface area (Å²) in [6.45, 7) is 0. The second kappa shape index (κ2) is 9.61. The van der Waals surface area contributed by atoms with Crippen molar-refractivity contribution in [2.24, 2.45) is 9.98 Å². The highest BCUT2D eigenvalue weighted by Crippen LogP contribution is 2.33. The van der Waals surface area contributed by atoms with Crippen molar-refractivity contribution in [1.29, 1.82) is 0 Å². The normalized spacial score (nSPS) is 11.4. The third-order valence-corrected chi connectivity index (χ3v) is 5.33. The van der Waals surface area contributed by atoms with Gasteiger partial charge in [-0.05, 0) is 46.5 Å². The summed E-state index contributed by atoms with van der Waals surface area (Å²) in [5.74, 6) is 0. The lowest BCUT2D eigenvalue weighted by atomic mass is 10.0. The number of thiol groups is 2. The van der Waals surface area contributed by atoms with E-state index in [-0.39, 0.29) is 0 Å². The molecule has 146 valence electrons. The van der Waals surface area contributed by atoms with E-state index in [1.807, 2.05) is 103 Å². The topological polar surface area (TPSA) is 24.7 Å². The third-order valence-electron chi connectivity index (χ3n) is 4.59. The minimum Gasteiger partial charge on any atom is -0.255 e. The van der Waals surface area contributed by atoms with Gasteiger partial charge in [-0.3, -0.25) is 9.98 Å². The molecule has 4 aromatic rings. The minimum absolute atomic E-state index is 0.823. The Bertz CT molecular complexity index is 1200. The Kier molecular flexibility index (Phi) is 6.47. The zero-order chi connectivity index (χ0) is 20.8. The van der Waals surface area contributed by atoms with E-state index in [2.05, 4.69) is 41.3 Å². The van der Waals surface area contributed by atoms with Gasteiger partial charge in [0.05, 0.1) is 11.4 Å². The first-order valence-electron chi connectivity index (χ1n) is 9.54. The molecule has 0 aliphatic heterocycles. The van der Waals surface area contributed by atoms with E-state index < -0.39 is 0 Å². The fraction of sp³-hybridized carbons (Fsp3) is 0. The molecule has 4 heteroatoms. The zero-order valence-electron chi connectivity index (χ0n) is 16.2. The SMILES string of the molecule is Sc1cc(-c2ccc(S)c(/N=C\c3ccccc3)c2)ccc1/N=C\c1ccccc1. The van der Waals surface area contributed by atoms with E-state index in [9.17, 15) is 0 Å². The zero-order valence-corrected chi connectivity index (χ0v) is 18.0. The molecule has 0 fully saturated rings. The van der Waals surface area contributed by atoms with Crippen molar-refractivity contribution in [2.45, 2.75) is 9.79 Å². The van der Waals surface area contributed by atoms with Crippen molar-refractivity contribution in [3.8, 4) is 11.1 Å². The first-order chi connectivity index (χ1) is 14.7. The Morgan fingerprint density at radius 3 is 1.63 bits per heavy atom. The van der Waals surface area contributed by atoms with Crippen molar-refractivity contribution in [3.63, 3.8) is 0 Å². The molecule has 0 saturated carbocycles. The number of aliphatic imine (C=N–C) groups is 2. The predicted octanol–water partition coefficient (Wildman–Crippen LogP) is 7.43. The molecule has 0 saturated heterocycles. The lowest BCUT2D eigenvalue weighted by molar-refractivity contribution is 1.36. The molecule has 2 nitrogen and oxygen atoms in total. The maximum Gasteiger partial charge on any atom is 0.0769 e. The van der Waals surface area contributed by atoms with E-state index in [1.54, 1.807) is 0 Å². The molecular formula is C26H20N2S2. The van der Waals surface area contributed by atoms with Crippen molar-refractivity contribution >= 4 is 49.1 Å². The fourth-order valence-electron chi connectivity index (χ4n) is 2.98. The van der Waals surface area contributed by atoms with Crippen LogP contribution in [0.5, 0.6) is 0 Å². The number of benzene rings is 4. The number of rotatable bonds is 5. The van der Waals surface area contributed by atoms with E-state index >= 15 is 0 Å². The molecule has 0 atom stereocenters. The number of hydrogen-bond acceptors (Lipinski definition) is 4. The van der Waals surface area contributed by atoms with Crippen LogP contribution in [0.15, 0.2) is 117 Å². The van der Waals surface area contributed by atoms with Crippen LogP contribution in [0.1, 0.15) is 11.1 Å². The van der Waals surface area contributed by atoms with Crippen LogP contribution in [0.25, 0.3) is 11.1 Å². The number of nitrogens with zero attached hydrogens (tertiary/aromatic N) is 2. The molecule has 0 spiro atoms. The van der Waals surface area contributed by atoms with Crippen molar-refractivity contribution in [1.82, 2.24) is 0 Å². The van der Waals surface area contributed by atoms with Gasteiger partial charge in [0, 0.05) is 22.2 Å². The highest BCUT2D eigenvalue weighted by Gasteiger charge is 2.05. The van der Waals surface area contributed by atoms with Crippen LogP contribution in [0.2, 0.25) is 0 Å². The monoisotopic (exact) mass is 424 g/mol. The Balaban J connectivity index is 1.59. The summed E-state index contributed by atoms with van der Waals surface area (Å²) in [7, 11) is 0. The summed E-state index contributed by atoms with van der Waals surface area (Å²) in [4.78, 5) is 10.8. The van der Waals surface area contributed by atoms with Gasteiger partial charge in [0.25, 0.3) is 0 Å². The molecule has 0 amide bonds. The summed E-state index contributed by atoms with van der Waals surface area (Å²) in [5, 5.41) is 0. The average molecular weight is 425 g/mol. The molecule has 4 rings (SSSR count). The van der Waals surface area contributed by atoms with Crippen LogP contribution in [0.4, 0.5) is 11.4 Å². The molecule has 0 bridgehead atoms. The summed E-state index contributed by atoms with van der Waals surface area (Å²) < 4.78 is 0.